The summed E-state index contributed by atoms with van der Waals surface area (Å²) in [7, 11) is 0. The zero-order valence-corrected chi connectivity index (χ0v) is 18.8. The maximum Gasteiger partial charge on any atom is 0.317 e. The maximum atomic E-state index is 10.8. The second-order valence-corrected chi connectivity index (χ2v) is 8.46. The van der Waals surface area contributed by atoms with Crippen LogP contribution in [0.1, 0.15) is 23.1 Å². The number of hydrazone groups is 1. The van der Waals surface area contributed by atoms with E-state index in [1.807, 2.05) is 41.4 Å². The predicted octanol–water partition coefficient (Wildman–Crippen LogP) is 2.05. The molecule has 4 rings (SSSR count). The molecular weight excluding hydrogens is 418 g/mol. The molecule has 8 nitrogen and oxygen atoms in total. The third-order valence-electron chi connectivity index (χ3n) is 5.94. The largest absolute Gasteiger partial charge is 0.480 e. The van der Waals surface area contributed by atoms with Gasteiger partial charge in [-0.15, -0.1) is 0 Å². The van der Waals surface area contributed by atoms with Gasteiger partial charge in [0.25, 0.3) is 0 Å². The molecule has 0 radical (unpaired) electrons. The highest BCUT2D eigenvalue weighted by Gasteiger charge is 2.26. The summed E-state index contributed by atoms with van der Waals surface area (Å²) in [5, 5.41) is 17.5. The average molecular weight is 450 g/mol. The Bertz CT molecular complexity index is 954. The van der Waals surface area contributed by atoms with Crippen LogP contribution in [-0.2, 0) is 16.1 Å². The monoisotopic (exact) mass is 449 g/mol. The Morgan fingerprint density at radius 3 is 2.55 bits per heavy atom. The van der Waals surface area contributed by atoms with Crippen LogP contribution in [0, 0.1) is 0 Å². The molecule has 0 saturated carbocycles. The first-order valence-electron chi connectivity index (χ1n) is 11.5. The molecule has 33 heavy (non-hydrogen) atoms. The molecule has 1 atom stereocenters. The van der Waals surface area contributed by atoms with Crippen LogP contribution in [0.5, 0.6) is 0 Å². The Labute approximate surface area is 194 Å². The molecule has 0 amide bonds. The van der Waals surface area contributed by atoms with Crippen molar-refractivity contribution < 1.29 is 14.7 Å². The SMILES string of the molecule is O=C(O)CN1CCN(CC2CC(c3ccc(C=NNCCc4ccccc4)cc3)=NO2)CC1. The number of piperazine rings is 1. The van der Waals surface area contributed by atoms with Gasteiger partial charge >= 0.3 is 5.97 Å². The molecule has 2 N–H and O–H groups in total. The van der Waals surface area contributed by atoms with Gasteiger partial charge in [0.1, 0.15) is 6.10 Å². The van der Waals surface area contributed by atoms with E-state index in [4.69, 9.17) is 9.94 Å². The van der Waals surface area contributed by atoms with Crippen molar-refractivity contribution in [1.82, 2.24) is 15.2 Å². The molecule has 0 aromatic heterocycles. The summed E-state index contributed by atoms with van der Waals surface area (Å²) in [6, 6.07) is 18.5. The Kier molecular flexibility index (Phi) is 8.05. The normalized spacial score (nSPS) is 19.4. The van der Waals surface area contributed by atoms with Crippen molar-refractivity contribution >= 4 is 17.9 Å². The van der Waals surface area contributed by atoms with Gasteiger partial charge in [-0.2, -0.15) is 5.10 Å². The number of carboxylic acid groups (broad SMARTS) is 1. The smallest absolute Gasteiger partial charge is 0.317 e. The summed E-state index contributed by atoms with van der Waals surface area (Å²) in [5.41, 5.74) is 7.46. The molecule has 1 fully saturated rings. The van der Waals surface area contributed by atoms with E-state index >= 15 is 0 Å². The first-order valence-corrected chi connectivity index (χ1v) is 11.5. The van der Waals surface area contributed by atoms with E-state index in [-0.39, 0.29) is 12.6 Å². The van der Waals surface area contributed by atoms with Gasteiger partial charge in [0.2, 0.25) is 0 Å². The van der Waals surface area contributed by atoms with Gasteiger partial charge < -0.3 is 15.4 Å². The molecule has 0 spiro atoms. The summed E-state index contributed by atoms with van der Waals surface area (Å²) in [6.07, 6.45) is 3.59. The fourth-order valence-electron chi connectivity index (χ4n) is 4.10. The molecular formula is C25H31N5O3. The number of oxime groups is 1. The van der Waals surface area contributed by atoms with Gasteiger partial charge in [-0.3, -0.25) is 14.6 Å². The molecule has 2 aliphatic rings. The summed E-state index contributed by atoms with van der Waals surface area (Å²) < 4.78 is 0. The third kappa shape index (κ3) is 7.13. The molecule has 8 heteroatoms. The fourth-order valence-corrected chi connectivity index (χ4v) is 4.10. The average Bonchev–Trinajstić information content (AvgIpc) is 3.29. The van der Waals surface area contributed by atoms with Crippen LogP contribution >= 0.6 is 0 Å². The van der Waals surface area contributed by atoms with Crippen LogP contribution in [0.3, 0.4) is 0 Å². The molecule has 1 saturated heterocycles. The lowest BCUT2D eigenvalue weighted by Crippen LogP contribution is -2.49. The van der Waals surface area contributed by atoms with Crippen molar-refractivity contribution in [3.8, 4) is 0 Å². The van der Waals surface area contributed by atoms with Crippen molar-refractivity contribution in [2.45, 2.75) is 18.9 Å². The highest BCUT2D eigenvalue weighted by atomic mass is 16.6. The zero-order chi connectivity index (χ0) is 22.9. The van der Waals surface area contributed by atoms with E-state index in [2.05, 4.69) is 44.8 Å². The number of benzene rings is 2. The lowest BCUT2D eigenvalue weighted by Gasteiger charge is -2.34. The molecule has 2 heterocycles. The van der Waals surface area contributed by atoms with E-state index in [9.17, 15) is 4.79 Å². The number of rotatable bonds is 10. The number of carboxylic acids is 1. The Morgan fingerprint density at radius 1 is 1.09 bits per heavy atom. The predicted molar refractivity (Wildman–Crippen MR) is 129 cm³/mol. The molecule has 2 aromatic rings. The van der Waals surface area contributed by atoms with E-state index in [0.717, 1.165) is 68.9 Å². The van der Waals surface area contributed by atoms with Crippen LogP contribution in [0.25, 0.3) is 0 Å². The highest BCUT2D eigenvalue weighted by molar-refractivity contribution is 6.01. The fraction of sp³-hybridized carbons (Fsp3) is 0.400. The zero-order valence-electron chi connectivity index (χ0n) is 18.8. The lowest BCUT2D eigenvalue weighted by molar-refractivity contribution is -0.138. The summed E-state index contributed by atoms with van der Waals surface area (Å²) in [4.78, 5) is 20.8. The van der Waals surface area contributed by atoms with Crippen LogP contribution in [0.15, 0.2) is 64.9 Å². The third-order valence-corrected chi connectivity index (χ3v) is 5.94. The first kappa shape index (κ1) is 22.9. The number of hydrogen-bond acceptors (Lipinski definition) is 7. The van der Waals surface area contributed by atoms with Crippen molar-refractivity contribution in [1.29, 1.82) is 0 Å². The second-order valence-electron chi connectivity index (χ2n) is 8.46. The standard InChI is InChI=1S/C25H31N5O3/c31-25(32)19-30-14-12-29(13-15-30)18-23-16-24(28-33-23)22-8-6-21(7-9-22)17-27-26-11-10-20-4-2-1-3-5-20/h1-9,17,23,26H,10-16,18-19H2,(H,31,32). The van der Waals surface area contributed by atoms with Gasteiger partial charge in [-0.25, -0.2) is 0 Å². The Morgan fingerprint density at radius 2 is 1.82 bits per heavy atom. The van der Waals surface area contributed by atoms with Crippen molar-refractivity contribution in [2.24, 2.45) is 10.3 Å². The summed E-state index contributed by atoms with van der Waals surface area (Å²) in [5.74, 6) is -0.766. The van der Waals surface area contributed by atoms with Crippen LogP contribution in [0.2, 0.25) is 0 Å². The maximum absolute atomic E-state index is 10.8. The van der Waals surface area contributed by atoms with Crippen molar-refractivity contribution in [2.75, 3.05) is 45.8 Å². The topological polar surface area (TPSA) is 89.8 Å². The minimum atomic E-state index is -0.766. The van der Waals surface area contributed by atoms with Gasteiger partial charge in [0.05, 0.1) is 18.5 Å². The minimum absolute atomic E-state index is 0.0427. The van der Waals surface area contributed by atoms with E-state index in [1.165, 1.54) is 5.56 Å². The number of nitrogens with one attached hydrogen (secondary N) is 1. The number of carbonyl (C=O) groups is 1. The van der Waals surface area contributed by atoms with E-state index < -0.39 is 5.97 Å². The molecule has 174 valence electrons. The summed E-state index contributed by atoms with van der Waals surface area (Å²) in [6.45, 7) is 4.99. The van der Waals surface area contributed by atoms with Gasteiger partial charge in [-0.1, -0.05) is 59.8 Å². The first-order chi connectivity index (χ1) is 16.2. The second kappa shape index (κ2) is 11.6. The van der Waals surface area contributed by atoms with Gasteiger partial charge in [-0.05, 0) is 23.1 Å². The number of aliphatic carboxylic acids is 1. The van der Waals surface area contributed by atoms with Crippen LogP contribution in [-0.4, -0.2) is 84.7 Å². The van der Waals surface area contributed by atoms with Gasteiger partial charge in [0, 0.05) is 45.7 Å². The lowest BCUT2D eigenvalue weighted by atomic mass is 10.0. The highest BCUT2D eigenvalue weighted by Crippen LogP contribution is 2.18. The quantitative estimate of drug-likeness (QED) is 0.328. The van der Waals surface area contributed by atoms with E-state index in [0.29, 0.717) is 0 Å². The number of nitrogens with zero attached hydrogens (tertiary/aromatic N) is 4. The van der Waals surface area contributed by atoms with Gasteiger partial charge in [0.15, 0.2) is 0 Å². The summed E-state index contributed by atoms with van der Waals surface area (Å²) >= 11 is 0. The van der Waals surface area contributed by atoms with Crippen LogP contribution in [0.4, 0.5) is 0 Å². The Balaban J connectivity index is 1.17. The number of hydrogen-bond donors (Lipinski definition) is 2. The Hall–Kier alpha value is -3.23. The molecule has 1 unspecified atom stereocenters. The molecule has 2 aliphatic heterocycles. The molecule has 0 aliphatic carbocycles. The van der Waals surface area contributed by atoms with Crippen molar-refractivity contribution in [3.63, 3.8) is 0 Å². The minimum Gasteiger partial charge on any atom is -0.480 e. The molecule has 0 bridgehead atoms. The molecule has 2 aromatic carbocycles. The van der Waals surface area contributed by atoms with E-state index in [1.54, 1.807) is 0 Å². The van der Waals surface area contributed by atoms with Crippen LogP contribution < -0.4 is 5.43 Å². The van der Waals surface area contributed by atoms with Crippen molar-refractivity contribution in [3.05, 3.63) is 71.3 Å².